The van der Waals surface area contributed by atoms with Crippen LogP contribution in [-0.4, -0.2) is 34.6 Å². The van der Waals surface area contributed by atoms with Crippen LogP contribution in [-0.2, 0) is 0 Å². The summed E-state index contributed by atoms with van der Waals surface area (Å²) in [5, 5.41) is 3.34. The average molecular weight is 276 g/mol. The van der Waals surface area contributed by atoms with Crippen LogP contribution in [0.25, 0.3) is 0 Å². The Kier molecular flexibility index (Phi) is 4.18. The third-order valence-corrected chi connectivity index (χ3v) is 4.30. The lowest BCUT2D eigenvalue weighted by molar-refractivity contribution is 0.565. The van der Waals surface area contributed by atoms with Crippen LogP contribution in [0.15, 0.2) is 0 Å². The normalized spacial score (nSPS) is 20.3. The van der Waals surface area contributed by atoms with Gasteiger partial charge in [0.2, 0.25) is 17.8 Å². The molecule has 1 aromatic rings. The minimum absolute atomic E-state index is 0.314. The molecule has 0 bridgehead atoms. The van der Waals surface area contributed by atoms with Crippen LogP contribution in [0.3, 0.4) is 0 Å². The van der Waals surface area contributed by atoms with Crippen LogP contribution in [0.4, 0.5) is 17.8 Å². The topological polar surface area (TPSA) is 80.0 Å². The van der Waals surface area contributed by atoms with E-state index in [1.807, 2.05) is 0 Å². The summed E-state index contributed by atoms with van der Waals surface area (Å²) < 4.78 is 0. The molecule has 3 rings (SSSR count). The molecule has 0 radical (unpaired) electrons. The summed E-state index contributed by atoms with van der Waals surface area (Å²) in [6.45, 7) is 2.99. The van der Waals surface area contributed by atoms with Gasteiger partial charge in [0.1, 0.15) is 0 Å². The van der Waals surface area contributed by atoms with Gasteiger partial charge in [0.15, 0.2) is 0 Å². The number of nitrogen functional groups attached to an aromatic ring is 1. The van der Waals surface area contributed by atoms with Gasteiger partial charge < -0.3 is 16.0 Å². The van der Waals surface area contributed by atoms with Crippen molar-refractivity contribution in [2.24, 2.45) is 5.92 Å². The Bertz CT molecular complexity index is 437. The van der Waals surface area contributed by atoms with Crippen LogP contribution in [0.5, 0.6) is 0 Å². The quantitative estimate of drug-likeness (QED) is 0.876. The second kappa shape index (κ2) is 6.24. The van der Waals surface area contributed by atoms with Gasteiger partial charge >= 0.3 is 0 Å². The molecule has 1 saturated carbocycles. The van der Waals surface area contributed by atoms with Crippen molar-refractivity contribution < 1.29 is 0 Å². The zero-order valence-corrected chi connectivity index (χ0v) is 12.0. The van der Waals surface area contributed by atoms with Crippen molar-refractivity contribution in [3.63, 3.8) is 0 Å². The maximum absolute atomic E-state index is 5.82. The van der Waals surface area contributed by atoms with Crippen molar-refractivity contribution in [3.05, 3.63) is 0 Å². The number of nitrogens with two attached hydrogens (primary N) is 1. The van der Waals surface area contributed by atoms with Crippen molar-refractivity contribution in [1.82, 2.24) is 15.0 Å². The highest BCUT2D eigenvalue weighted by molar-refractivity contribution is 5.42. The van der Waals surface area contributed by atoms with Crippen molar-refractivity contribution in [2.75, 3.05) is 35.6 Å². The lowest BCUT2D eigenvalue weighted by atomic mass is 10.1. The Morgan fingerprint density at radius 3 is 2.50 bits per heavy atom. The fraction of sp³-hybridized carbons (Fsp3) is 0.786. The molecule has 0 amide bonds. The maximum atomic E-state index is 5.82. The second-order valence-corrected chi connectivity index (χ2v) is 5.90. The minimum atomic E-state index is 0.314. The third-order valence-electron chi connectivity index (χ3n) is 4.30. The SMILES string of the molecule is Nc1nc(NCC2CCCC2)nc(N2CCCCC2)n1. The van der Waals surface area contributed by atoms with Crippen molar-refractivity contribution in [3.8, 4) is 0 Å². The molecule has 0 unspecified atom stereocenters. The van der Waals surface area contributed by atoms with Gasteiger partial charge in [-0.25, -0.2) is 0 Å². The summed E-state index contributed by atoms with van der Waals surface area (Å²) in [6, 6.07) is 0. The highest BCUT2D eigenvalue weighted by Gasteiger charge is 2.17. The maximum Gasteiger partial charge on any atom is 0.231 e. The molecule has 110 valence electrons. The van der Waals surface area contributed by atoms with Crippen molar-refractivity contribution in [1.29, 1.82) is 0 Å². The van der Waals surface area contributed by atoms with Gasteiger partial charge in [-0.1, -0.05) is 12.8 Å². The first kappa shape index (κ1) is 13.4. The summed E-state index contributed by atoms with van der Waals surface area (Å²) in [5.41, 5.74) is 5.82. The summed E-state index contributed by atoms with van der Waals surface area (Å²) in [4.78, 5) is 15.2. The molecule has 2 aliphatic rings. The van der Waals surface area contributed by atoms with Crippen LogP contribution >= 0.6 is 0 Å². The largest absolute Gasteiger partial charge is 0.368 e. The van der Waals surface area contributed by atoms with Gasteiger partial charge in [0, 0.05) is 19.6 Å². The van der Waals surface area contributed by atoms with E-state index in [0.717, 1.165) is 31.5 Å². The van der Waals surface area contributed by atoms with E-state index in [0.29, 0.717) is 11.9 Å². The molecule has 1 aromatic heterocycles. The van der Waals surface area contributed by atoms with E-state index in [1.54, 1.807) is 0 Å². The number of hydrogen-bond donors (Lipinski definition) is 2. The number of rotatable bonds is 4. The molecule has 3 N–H and O–H groups in total. The number of nitrogens with zero attached hydrogens (tertiary/aromatic N) is 4. The summed E-state index contributed by atoms with van der Waals surface area (Å²) in [7, 11) is 0. The van der Waals surface area contributed by atoms with Crippen molar-refractivity contribution in [2.45, 2.75) is 44.9 Å². The zero-order valence-electron chi connectivity index (χ0n) is 12.0. The average Bonchev–Trinajstić information content (AvgIpc) is 2.99. The number of hydrogen-bond acceptors (Lipinski definition) is 6. The molecule has 20 heavy (non-hydrogen) atoms. The standard InChI is InChI=1S/C14H24N6/c15-12-17-13(16-10-11-6-2-3-7-11)19-14(18-12)20-8-4-1-5-9-20/h11H,1-10H2,(H3,15,16,17,18,19). The molecule has 6 heteroatoms. The second-order valence-electron chi connectivity index (χ2n) is 5.90. The molecule has 1 aliphatic heterocycles. The smallest absolute Gasteiger partial charge is 0.231 e. The minimum Gasteiger partial charge on any atom is -0.368 e. The molecule has 0 aromatic carbocycles. The van der Waals surface area contributed by atoms with E-state index in [2.05, 4.69) is 25.2 Å². The molecule has 2 heterocycles. The van der Waals surface area contributed by atoms with Crippen LogP contribution < -0.4 is 16.0 Å². The Hall–Kier alpha value is -1.59. The van der Waals surface area contributed by atoms with Gasteiger partial charge in [-0.05, 0) is 38.0 Å². The van der Waals surface area contributed by atoms with Gasteiger partial charge in [-0.15, -0.1) is 0 Å². The zero-order chi connectivity index (χ0) is 13.8. The first-order chi connectivity index (χ1) is 9.81. The summed E-state index contributed by atoms with van der Waals surface area (Å²) in [5.74, 6) is 2.43. The summed E-state index contributed by atoms with van der Waals surface area (Å²) in [6.07, 6.45) is 9.03. The molecule has 6 nitrogen and oxygen atoms in total. The molecule has 0 atom stereocenters. The van der Waals surface area contributed by atoms with Crippen LogP contribution in [0, 0.1) is 5.92 Å². The molecule has 0 spiro atoms. The summed E-state index contributed by atoms with van der Waals surface area (Å²) >= 11 is 0. The van der Waals surface area contributed by atoms with Gasteiger partial charge in [0.05, 0.1) is 0 Å². The fourth-order valence-electron chi connectivity index (χ4n) is 3.15. The fourth-order valence-corrected chi connectivity index (χ4v) is 3.15. The molecule has 2 fully saturated rings. The van der Waals surface area contributed by atoms with Crippen LogP contribution in [0.2, 0.25) is 0 Å². The van der Waals surface area contributed by atoms with E-state index in [4.69, 9.17) is 5.73 Å². The molecule has 1 aliphatic carbocycles. The predicted molar refractivity (Wildman–Crippen MR) is 80.8 cm³/mol. The first-order valence-corrected chi connectivity index (χ1v) is 7.81. The Morgan fingerprint density at radius 2 is 1.75 bits per heavy atom. The lowest BCUT2D eigenvalue weighted by Crippen LogP contribution is -2.31. The van der Waals surface area contributed by atoms with Gasteiger partial charge in [0.25, 0.3) is 0 Å². The number of aromatic nitrogens is 3. The highest BCUT2D eigenvalue weighted by atomic mass is 15.3. The van der Waals surface area contributed by atoms with E-state index in [-0.39, 0.29) is 0 Å². The number of piperidine rings is 1. The third kappa shape index (κ3) is 3.29. The number of anilines is 3. The first-order valence-electron chi connectivity index (χ1n) is 7.81. The van der Waals surface area contributed by atoms with Gasteiger partial charge in [-0.3, -0.25) is 0 Å². The van der Waals surface area contributed by atoms with Crippen LogP contribution in [0.1, 0.15) is 44.9 Å². The van der Waals surface area contributed by atoms with E-state index in [1.165, 1.54) is 44.9 Å². The highest BCUT2D eigenvalue weighted by Crippen LogP contribution is 2.25. The predicted octanol–water partition coefficient (Wildman–Crippen LogP) is 2.05. The monoisotopic (exact) mass is 276 g/mol. The number of nitrogens with one attached hydrogen (secondary N) is 1. The Labute approximate surface area is 120 Å². The molecular weight excluding hydrogens is 252 g/mol. The van der Waals surface area contributed by atoms with Gasteiger partial charge in [-0.2, -0.15) is 15.0 Å². The van der Waals surface area contributed by atoms with E-state index >= 15 is 0 Å². The molecular formula is C14H24N6. The molecule has 1 saturated heterocycles. The van der Waals surface area contributed by atoms with Crippen molar-refractivity contribution >= 4 is 17.8 Å². The Morgan fingerprint density at radius 1 is 1.00 bits per heavy atom. The Balaban J connectivity index is 1.65. The lowest BCUT2D eigenvalue weighted by Gasteiger charge is -2.26. The van der Waals surface area contributed by atoms with E-state index < -0.39 is 0 Å². The van der Waals surface area contributed by atoms with E-state index in [9.17, 15) is 0 Å².